The van der Waals surface area contributed by atoms with E-state index in [1.165, 1.54) is 0 Å². The Kier molecular flexibility index (Phi) is 5.49. The summed E-state index contributed by atoms with van der Waals surface area (Å²) in [7, 11) is 0. The Labute approximate surface area is 97.9 Å². The molecule has 0 aliphatic heterocycles. The van der Waals surface area contributed by atoms with Crippen molar-refractivity contribution in [2.24, 2.45) is 5.92 Å². The first-order valence-electron chi connectivity index (χ1n) is 6.02. The minimum Gasteiger partial charge on any atom is -0.301 e. The largest absolute Gasteiger partial charge is 0.301 e. The first-order valence-corrected chi connectivity index (χ1v) is 6.02. The van der Waals surface area contributed by atoms with Crippen molar-refractivity contribution in [3.8, 4) is 0 Å². The Hall–Kier alpha value is -0.870. The molecule has 0 aliphatic rings. The molecule has 1 aromatic rings. The maximum absolute atomic E-state index is 5.30. The van der Waals surface area contributed by atoms with Gasteiger partial charge in [-0.3, -0.25) is 4.68 Å². The Bertz CT molecular complexity index is 296. The van der Waals surface area contributed by atoms with Gasteiger partial charge in [0.15, 0.2) is 0 Å². The van der Waals surface area contributed by atoms with Crippen LogP contribution in [0.15, 0.2) is 12.3 Å². The lowest BCUT2D eigenvalue weighted by Gasteiger charge is -2.08. The van der Waals surface area contributed by atoms with Gasteiger partial charge in [0.25, 0.3) is 0 Å². The number of nitrogens with zero attached hydrogens (tertiary/aromatic N) is 2. The van der Waals surface area contributed by atoms with E-state index in [9.17, 15) is 0 Å². The number of nitrogens with one attached hydrogen (secondary N) is 1. The summed E-state index contributed by atoms with van der Waals surface area (Å²) in [6.07, 6.45) is 3.12. The molecule has 0 amide bonds. The van der Waals surface area contributed by atoms with E-state index in [0.717, 1.165) is 18.7 Å². The molecule has 0 aromatic carbocycles. The van der Waals surface area contributed by atoms with E-state index in [-0.39, 0.29) is 0 Å². The van der Waals surface area contributed by atoms with Crippen molar-refractivity contribution in [1.82, 2.24) is 15.3 Å². The zero-order valence-corrected chi connectivity index (χ0v) is 10.7. The Morgan fingerprint density at radius 2 is 2.19 bits per heavy atom. The molecule has 0 fully saturated rings. The van der Waals surface area contributed by atoms with Gasteiger partial charge in [0, 0.05) is 12.2 Å². The monoisotopic (exact) mass is 225 g/mol. The van der Waals surface area contributed by atoms with Crippen LogP contribution in [0.25, 0.3) is 0 Å². The summed E-state index contributed by atoms with van der Waals surface area (Å²) in [6.45, 7) is 9.97. The molecule has 1 heterocycles. The molecule has 4 heteroatoms. The molecule has 1 rings (SSSR count). The number of hydroxylamine groups is 1. The Morgan fingerprint density at radius 1 is 1.44 bits per heavy atom. The second kappa shape index (κ2) is 6.66. The predicted octanol–water partition coefficient (Wildman–Crippen LogP) is 2.53. The van der Waals surface area contributed by atoms with Crippen molar-refractivity contribution in [1.29, 1.82) is 0 Å². The fraction of sp³-hybridized carbons (Fsp3) is 0.750. The molecule has 16 heavy (non-hydrogen) atoms. The van der Waals surface area contributed by atoms with Crippen molar-refractivity contribution < 1.29 is 4.84 Å². The van der Waals surface area contributed by atoms with Gasteiger partial charge in [-0.15, -0.1) is 0 Å². The third-order valence-electron chi connectivity index (χ3n) is 2.48. The molecule has 0 aliphatic carbocycles. The molecule has 0 saturated heterocycles. The molecule has 92 valence electrons. The second-order valence-electron chi connectivity index (χ2n) is 4.57. The highest BCUT2D eigenvalue weighted by Crippen LogP contribution is 2.08. The minimum atomic E-state index is 0.463. The molecule has 1 atom stereocenters. The summed E-state index contributed by atoms with van der Waals surface area (Å²) in [5.41, 5.74) is 3.95. The zero-order chi connectivity index (χ0) is 12.0. The van der Waals surface area contributed by atoms with Crippen LogP contribution in [-0.4, -0.2) is 16.4 Å². The summed E-state index contributed by atoms with van der Waals surface area (Å²) >= 11 is 0. The maximum Gasteiger partial charge on any atom is 0.0786 e. The van der Waals surface area contributed by atoms with E-state index in [4.69, 9.17) is 4.84 Å². The molecule has 0 spiro atoms. The summed E-state index contributed by atoms with van der Waals surface area (Å²) in [6, 6.07) is 2.49. The summed E-state index contributed by atoms with van der Waals surface area (Å²) in [4.78, 5) is 5.30. The number of hydrogen-bond acceptors (Lipinski definition) is 3. The first-order chi connectivity index (χ1) is 7.63. The van der Waals surface area contributed by atoms with Crippen molar-refractivity contribution in [3.63, 3.8) is 0 Å². The molecule has 0 saturated carbocycles. The fourth-order valence-corrected chi connectivity index (χ4v) is 1.25. The van der Waals surface area contributed by atoms with Gasteiger partial charge in [0.1, 0.15) is 0 Å². The summed E-state index contributed by atoms with van der Waals surface area (Å²) in [5.74, 6) is 0.546. The predicted molar refractivity (Wildman–Crippen MR) is 64.9 cm³/mol. The second-order valence-corrected chi connectivity index (χ2v) is 4.57. The molecule has 1 N–H and O–H groups in total. The third-order valence-corrected chi connectivity index (χ3v) is 2.48. The fourth-order valence-electron chi connectivity index (χ4n) is 1.25. The zero-order valence-electron chi connectivity index (χ0n) is 10.7. The van der Waals surface area contributed by atoms with Crippen molar-refractivity contribution in [2.75, 3.05) is 6.61 Å². The summed E-state index contributed by atoms with van der Waals surface area (Å²) in [5, 5.41) is 4.47. The van der Waals surface area contributed by atoms with Crippen LogP contribution in [0.1, 0.15) is 45.9 Å². The van der Waals surface area contributed by atoms with Gasteiger partial charge < -0.3 is 4.84 Å². The van der Waals surface area contributed by atoms with E-state index in [0.29, 0.717) is 18.5 Å². The van der Waals surface area contributed by atoms with Crippen LogP contribution in [0.5, 0.6) is 0 Å². The van der Waals surface area contributed by atoms with Gasteiger partial charge in [0.2, 0.25) is 0 Å². The molecule has 1 unspecified atom stereocenters. The molecule has 4 nitrogen and oxygen atoms in total. The average Bonchev–Trinajstić information content (AvgIpc) is 2.71. The van der Waals surface area contributed by atoms with Crippen LogP contribution < -0.4 is 5.48 Å². The minimum absolute atomic E-state index is 0.463. The molecular formula is C12H23N3O. The van der Waals surface area contributed by atoms with Crippen molar-refractivity contribution in [2.45, 2.75) is 46.7 Å². The van der Waals surface area contributed by atoms with Crippen LogP contribution in [0.2, 0.25) is 0 Å². The van der Waals surface area contributed by atoms with Crippen LogP contribution in [-0.2, 0) is 11.4 Å². The van der Waals surface area contributed by atoms with E-state index < -0.39 is 0 Å². The third kappa shape index (κ3) is 4.33. The van der Waals surface area contributed by atoms with Gasteiger partial charge >= 0.3 is 0 Å². The maximum atomic E-state index is 5.30. The number of hydrogen-bond donors (Lipinski definition) is 1. The van der Waals surface area contributed by atoms with E-state index in [1.807, 2.05) is 16.9 Å². The summed E-state index contributed by atoms with van der Waals surface area (Å²) < 4.78 is 2.00. The van der Waals surface area contributed by atoms with Gasteiger partial charge in [-0.1, -0.05) is 20.8 Å². The lowest BCUT2D eigenvalue weighted by atomic mass is 10.2. The van der Waals surface area contributed by atoms with Gasteiger partial charge in [-0.05, 0) is 25.3 Å². The normalized spacial score (nSPS) is 13.3. The van der Waals surface area contributed by atoms with Crippen LogP contribution in [0, 0.1) is 5.92 Å². The SMILES string of the molecule is CCC(C)n1ccc(CNOCC(C)C)n1. The molecule has 1 aromatic heterocycles. The van der Waals surface area contributed by atoms with E-state index >= 15 is 0 Å². The van der Waals surface area contributed by atoms with Gasteiger partial charge in [-0.2, -0.15) is 10.6 Å². The molecule has 0 radical (unpaired) electrons. The Morgan fingerprint density at radius 3 is 2.81 bits per heavy atom. The van der Waals surface area contributed by atoms with E-state index in [2.05, 4.69) is 38.3 Å². The lowest BCUT2D eigenvalue weighted by Crippen LogP contribution is -2.18. The van der Waals surface area contributed by atoms with Crippen LogP contribution in [0.4, 0.5) is 0 Å². The standard InChI is InChI=1S/C12H23N3O/c1-5-11(4)15-7-6-12(14-15)8-13-16-9-10(2)3/h6-7,10-11,13H,5,8-9H2,1-4H3. The quantitative estimate of drug-likeness (QED) is 0.572. The molecular weight excluding hydrogens is 202 g/mol. The lowest BCUT2D eigenvalue weighted by molar-refractivity contribution is 0.0189. The average molecular weight is 225 g/mol. The highest BCUT2D eigenvalue weighted by molar-refractivity contribution is 4.98. The molecule has 0 bridgehead atoms. The van der Waals surface area contributed by atoms with Crippen LogP contribution in [0.3, 0.4) is 0 Å². The highest BCUT2D eigenvalue weighted by Gasteiger charge is 2.04. The van der Waals surface area contributed by atoms with Crippen molar-refractivity contribution >= 4 is 0 Å². The van der Waals surface area contributed by atoms with Crippen molar-refractivity contribution in [3.05, 3.63) is 18.0 Å². The highest BCUT2D eigenvalue weighted by atomic mass is 16.6. The first kappa shape index (κ1) is 13.2. The smallest absolute Gasteiger partial charge is 0.0786 e. The van der Waals surface area contributed by atoms with Gasteiger partial charge in [-0.25, -0.2) is 0 Å². The topological polar surface area (TPSA) is 39.1 Å². The Balaban J connectivity index is 2.29. The number of aromatic nitrogens is 2. The number of rotatable bonds is 7. The van der Waals surface area contributed by atoms with E-state index in [1.54, 1.807) is 0 Å². The van der Waals surface area contributed by atoms with Crippen LogP contribution >= 0.6 is 0 Å². The van der Waals surface area contributed by atoms with Gasteiger partial charge in [0.05, 0.1) is 18.8 Å².